The maximum absolute atomic E-state index is 6.01. The van der Waals surface area contributed by atoms with E-state index in [1.807, 2.05) is 13.2 Å². The minimum atomic E-state index is 0.564. The Kier molecular flexibility index (Phi) is 2.43. The summed E-state index contributed by atoms with van der Waals surface area (Å²) < 4.78 is 7.33. The highest BCUT2D eigenvalue weighted by atomic mass is 35.5. The molecule has 0 unspecified atom stereocenters. The second-order valence-electron chi connectivity index (χ2n) is 2.71. The third kappa shape index (κ3) is 1.60. The van der Waals surface area contributed by atoms with Gasteiger partial charge >= 0.3 is 0 Å². The molecule has 2 aromatic heterocycles. The van der Waals surface area contributed by atoms with Crippen molar-refractivity contribution in [3.8, 4) is 16.5 Å². The van der Waals surface area contributed by atoms with Gasteiger partial charge in [-0.3, -0.25) is 4.68 Å². The SMILES string of the molecule is COc1nc(-c2cnn(C)c2)c(Cl)s1. The monoisotopic (exact) mass is 229 g/mol. The smallest absolute Gasteiger partial charge is 0.274 e. The second kappa shape index (κ2) is 3.59. The average molecular weight is 230 g/mol. The van der Waals surface area contributed by atoms with Crippen molar-refractivity contribution < 1.29 is 4.74 Å². The van der Waals surface area contributed by atoms with Crippen LogP contribution in [0.4, 0.5) is 0 Å². The Bertz CT molecular complexity index is 451. The lowest BCUT2D eigenvalue weighted by Crippen LogP contribution is -1.84. The number of nitrogens with zero attached hydrogens (tertiary/aromatic N) is 3. The zero-order chi connectivity index (χ0) is 10.1. The lowest BCUT2D eigenvalue weighted by Gasteiger charge is -1.89. The van der Waals surface area contributed by atoms with E-state index >= 15 is 0 Å². The molecule has 0 spiro atoms. The van der Waals surface area contributed by atoms with Gasteiger partial charge in [0.15, 0.2) is 0 Å². The Balaban J connectivity index is 2.45. The van der Waals surface area contributed by atoms with E-state index in [1.54, 1.807) is 18.0 Å². The van der Waals surface area contributed by atoms with Crippen LogP contribution in [0, 0.1) is 0 Å². The van der Waals surface area contributed by atoms with Gasteiger partial charge in [0.2, 0.25) is 0 Å². The molecule has 0 aliphatic rings. The standard InChI is InChI=1S/C8H8ClN3OS/c1-12-4-5(3-10-12)6-7(9)14-8(11-6)13-2/h3-4H,1-2H3. The van der Waals surface area contributed by atoms with Crippen LogP contribution in [0.2, 0.25) is 4.34 Å². The first-order valence-electron chi connectivity index (χ1n) is 3.90. The highest BCUT2D eigenvalue weighted by Gasteiger charge is 2.12. The van der Waals surface area contributed by atoms with Crippen LogP contribution in [0.15, 0.2) is 12.4 Å². The van der Waals surface area contributed by atoms with Gasteiger partial charge in [0.1, 0.15) is 10.0 Å². The Morgan fingerprint density at radius 1 is 1.57 bits per heavy atom. The summed E-state index contributed by atoms with van der Waals surface area (Å²) in [5, 5.41) is 4.61. The van der Waals surface area contributed by atoms with Crippen molar-refractivity contribution in [1.29, 1.82) is 0 Å². The van der Waals surface area contributed by atoms with Gasteiger partial charge in [-0.15, -0.1) is 0 Å². The third-order valence-electron chi connectivity index (χ3n) is 1.72. The van der Waals surface area contributed by atoms with Crippen LogP contribution in [0.5, 0.6) is 5.19 Å². The van der Waals surface area contributed by atoms with Crippen molar-refractivity contribution in [2.24, 2.45) is 7.05 Å². The van der Waals surface area contributed by atoms with Crippen molar-refractivity contribution in [3.05, 3.63) is 16.7 Å². The summed E-state index contributed by atoms with van der Waals surface area (Å²) in [6, 6.07) is 0. The van der Waals surface area contributed by atoms with Crippen molar-refractivity contribution >= 4 is 22.9 Å². The molecule has 0 aliphatic heterocycles. The maximum Gasteiger partial charge on any atom is 0.274 e. The van der Waals surface area contributed by atoms with E-state index in [1.165, 1.54) is 11.3 Å². The molecule has 14 heavy (non-hydrogen) atoms. The van der Waals surface area contributed by atoms with Crippen molar-refractivity contribution in [2.45, 2.75) is 0 Å². The van der Waals surface area contributed by atoms with E-state index < -0.39 is 0 Å². The van der Waals surface area contributed by atoms with Gasteiger partial charge in [0.25, 0.3) is 5.19 Å². The van der Waals surface area contributed by atoms with Gasteiger partial charge in [-0.05, 0) is 0 Å². The highest BCUT2D eigenvalue weighted by molar-refractivity contribution is 7.18. The maximum atomic E-state index is 6.01. The summed E-state index contributed by atoms with van der Waals surface area (Å²) in [7, 11) is 3.42. The second-order valence-corrected chi connectivity index (χ2v) is 4.27. The van der Waals surface area contributed by atoms with E-state index in [4.69, 9.17) is 16.3 Å². The molecule has 0 amide bonds. The van der Waals surface area contributed by atoms with Gasteiger partial charge in [0, 0.05) is 18.8 Å². The van der Waals surface area contributed by atoms with Gasteiger partial charge in [-0.1, -0.05) is 22.9 Å². The highest BCUT2D eigenvalue weighted by Crippen LogP contribution is 2.35. The molecule has 0 aliphatic carbocycles. The van der Waals surface area contributed by atoms with E-state index in [9.17, 15) is 0 Å². The summed E-state index contributed by atoms with van der Waals surface area (Å²) in [6.45, 7) is 0. The van der Waals surface area contributed by atoms with Gasteiger partial charge < -0.3 is 4.74 Å². The predicted octanol–water partition coefficient (Wildman–Crippen LogP) is 2.21. The summed E-state index contributed by atoms with van der Waals surface area (Å²) in [5.41, 5.74) is 1.62. The summed E-state index contributed by atoms with van der Waals surface area (Å²) >= 11 is 7.32. The Labute approximate surface area is 90.1 Å². The van der Waals surface area contributed by atoms with Crippen molar-refractivity contribution in [1.82, 2.24) is 14.8 Å². The molecule has 0 N–H and O–H groups in total. The number of rotatable bonds is 2. The Morgan fingerprint density at radius 3 is 2.86 bits per heavy atom. The first kappa shape index (κ1) is 9.48. The Hall–Kier alpha value is -1.07. The van der Waals surface area contributed by atoms with E-state index in [-0.39, 0.29) is 0 Å². The fourth-order valence-corrected chi connectivity index (χ4v) is 2.08. The number of hydrogen-bond acceptors (Lipinski definition) is 4. The third-order valence-corrected chi connectivity index (χ3v) is 2.93. The summed E-state index contributed by atoms with van der Waals surface area (Å²) in [6.07, 6.45) is 3.58. The predicted molar refractivity (Wildman–Crippen MR) is 55.9 cm³/mol. The van der Waals surface area contributed by atoms with E-state index in [2.05, 4.69) is 10.1 Å². The van der Waals surface area contributed by atoms with Crippen molar-refractivity contribution in [2.75, 3.05) is 7.11 Å². The quantitative estimate of drug-likeness (QED) is 0.793. The molecule has 4 nitrogen and oxygen atoms in total. The van der Waals surface area contributed by atoms with E-state index in [0.717, 1.165) is 11.3 Å². The summed E-state index contributed by atoms with van der Waals surface area (Å²) in [5.74, 6) is 0. The van der Waals surface area contributed by atoms with Crippen LogP contribution in [0.1, 0.15) is 0 Å². The van der Waals surface area contributed by atoms with Gasteiger partial charge in [0.05, 0.1) is 13.3 Å². The number of ether oxygens (including phenoxy) is 1. The fourth-order valence-electron chi connectivity index (χ4n) is 1.09. The topological polar surface area (TPSA) is 39.9 Å². The molecular formula is C8H8ClN3OS. The lowest BCUT2D eigenvalue weighted by molar-refractivity contribution is 0.412. The number of halogens is 1. The van der Waals surface area contributed by atoms with Gasteiger partial charge in [-0.25, -0.2) is 4.98 Å². The number of hydrogen-bond donors (Lipinski definition) is 0. The number of aryl methyl sites for hydroxylation is 1. The normalized spacial score (nSPS) is 10.5. The molecule has 2 aromatic rings. The zero-order valence-electron chi connectivity index (χ0n) is 7.69. The van der Waals surface area contributed by atoms with E-state index in [0.29, 0.717) is 9.53 Å². The number of thiazole rings is 1. The molecule has 0 fully saturated rings. The minimum absolute atomic E-state index is 0.564. The van der Waals surface area contributed by atoms with Crippen LogP contribution in [-0.4, -0.2) is 21.9 Å². The molecule has 74 valence electrons. The van der Waals surface area contributed by atoms with Crippen LogP contribution in [0.25, 0.3) is 11.3 Å². The molecule has 0 radical (unpaired) electrons. The molecule has 0 bridgehead atoms. The molecule has 2 heterocycles. The largest absolute Gasteiger partial charge is 0.473 e. The first-order chi connectivity index (χ1) is 6.70. The lowest BCUT2D eigenvalue weighted by atomic mass is 10.3. The van der Waals surface area contributed by atoms with Crippen molar-refractivity contribution in [3.63, 3.8) is 0 Å². The van der Waals surface area contributed by atoms with Crippen LogP contribution in [0.3, 0.4) is 0 Å². The van der Waals surface area contributed by atoms with Crippen LogP contribution >= 0.6 is 22.9 Å². The molecule has 0 saturated heterocycles. The molecule has 0 saturated carbocycles. The summed E-state index contributed by atoms with van der Waals surface area (Å²) in [4.78, 5) is 4.22. The zero-order valence-corrected chi connectivity index (χ0v) is 9.26. The van der Waals surface area contributed by atoms with Gasteiger partial charge in [-0.2, -0.15) is 5.10 Å². The van der Waals surface area contributed by atoms with Crippen LogP contribution in [-0.2, 0) is 7.05 Å². The average Bonchev–Trinajstić information content (AvgIpc) is 2.71. The molecule has 2 rings (SSSR count). The van der Waals surface area contributed by atoms with Crippen LogP contribution < -0.4 is 4.74 Å². The minimum Gasteiger partial charge on any atom is -0.473 e. The number of methoxy groups -OCH3 is 1. The number of aromatic nitrogens is 3. The molecule has 0 atom stereocenters. The first-order valence-corrected chi connectivity index (χ1v) is 5.09. The molecule has 6 heteroatoms. The molecule has 0 aromatic carbocycles. The molecular weight excluding hydrogens is 222 g/mol. The fraction of sp³-hybridized carbons (Fsp3) is 0.250. The Morgan fingerprint density at radius 2 is 2.36 bits per heavy atom.